The highest BCUT2D eigenvalue weighted by Crippen LogP contribution is 2.45. The Morgan fingerprint density at radius 2 is 1.56 bits per heavy atom. The fourth-order valence-corrected chi connectivity index (χ4v) is 8.64. The van der Waals surface area contributed by atoms with Crippen LogP contribution >= 0.6 is 0 Å². The number of carbonyl (C=O) groups excluding carboxylic acids is 8. The molecule has 2 aliphatic heterocycles. The average Bonchev–Trinajstić information content (AvgIpc) is 3.72. The SMILES string of the molecule is Cc1c(F)cc2nc3c(c4c2c1CC[C@@H]4NC(=O)COCNC(=O)CNC(=O)[C@H](Cc1ccccc1)NC(=O)CNC(=O)[C@H](CO)NC(=O)[C@H](C)NC(=O)C(C)C)Cn1c-3cc2c(c1=O)COC(=O)[C@H]2O. The summed E-state index contributed by atoms with van der Waals surface area (Å²) in [5.74, 6) is -6.63. The van der Waals surface area contributed by atoms with Gasteiger partial charge in [-0.25, -0.2) is 14.2 Å². The molecule has 0 saturated heterocycles. The van der Waals surface area contributed by atoms with Crippen molar-refractivity contribution in [1.29, 1.82) is 0 Å². The Morgan fingerprint density at radius 1 is 0.859 bits per heavy atom. The van der Waals surface area contributed by atoms with Crippen molar-refractivity contribution in [2.24, 2.45) is 5.92 Å². The Morgan fingerprint density at radius 3 is 2.27 bits per heavy atom. The largest absolute Gasteiger partial charge is 0.458 e. The summed E-state index contributed by atoms with van der Waals surface area (Å²) in [5.41, 5.74) is 3.77. The third-order valence-electron chi connectivity index (χ3n) is 12.5. The van der Waals surface area contributed by atoms with Crippen LogP contribution in [0, 0.1) is 18.7 Å². The van der Waals surface area contributed by atoms with E-state index in [1.807, 2.05) is 0 Å². The van der Waals surface area contributed by atoms with E-state index in [9.17, 15) is 53.4 Å². The summed E-state index contributed by atoms with van der Waals surface area (Å²) in [4.78, 5) is 120. The first kappa shape index (κ1) is 51.2. The van der Waals surface area contributed by atoms with E-state index < -0.39 is 128 Å². The van der Waals surface area contributed by atoms with Crippen LogP contribution in [0.15, 0.2) is 47.3 Å². The molecule has 0 fully saturated rings. The fraction of sp³-hybridized carbons (Fsp3) is 0.417. The first-order valence-electron chi connectivity index (χ1n) is 22.9. The summed E-state index contributed by atoms with van der Waals surface area (Å²) >= 11 is 0. The number of hydrogen-bond acceptors (Lipinski definition) is 14. The smallest absolute Gasteiger partial charge is 0.340 e. The van der Waals surface area contributed by atoms with E-state index in [0.717, 1.165) is 0 Å². The molecule has 9 N–H and O–H groups in total. The molecule has 2 aromatic heterocycles. The summed E-state index contributed by atoms with van der Waals surface area (Å²) in [7, 11) is 0. The van der Waals surface area contributed by atoms with Gasteiger partial charge in [-0.05, 0) is 55.0 Å². The van der Waals surface area contributed by atoms with Crippen LogP contribution in [0.1, 0.15) is 78.3 Å². The van der Waals surface area contributed by atoms with Crippen LogP contribution in [-0.4, -0.2) is 118 Å². The lowest BCUT2D eigenvalue weighted by molar-refractivity contribution is -0.157. The number of ether oxygens (including phenoxy) is 2. The standard InChI is InChI=1S/C48H54FN9O13/c1-22(2)43(64)53-24(4)44(65)57-34(18-59)46(67)51-16-37(61)55-33(12-25-8-6-5-7-9-25)45(66)50-15-36(60)52-21-70-20-38(62)54-31-11-10-26-23(3)30(49)14-32-39(26)40(31)28-17-58-35(41(28)56-32)13-27-29(47(58)68)19-71-48(69)42(27)63/h5-9,13-14,22,24,31,33-34,42,59,63H,10-12,15-21H2,1-4H3,(H,50,66)(H,51,67)(H,52,60)(H,53,64)(H,54,62)(H,55,61)(H,57,65)/t24-,31-,33-,34-,42-/m0/s1. The number of nitrogens with zero attached hydrogens (tertiary/aromatic N) is 2. The number of benzene rings is 2. The second kappa shape index (κ2) is 22.0. The zero-order valence-electron chi connectivity index (χ0n) is 39.2. The molecule has 22 nitrogen and oxygen atoms in total. The molecule has 0 spiro atoms. The van der Waals surface area contributed by atoms with Crippen molar-refractivity contribution in [2.45, 2.75) is 90.4 Å². The molecule has 0 radical (unpaired) electrons. The second-order valence-electron chi connectivity index (χ2n) is 17.7. The van der Waals surface area contributed by atoms with E-state index in [2.05, 4.69) is 37.2 Å². The van der Waals surface area contributed by atoms with E-state index in [1.165, 1.54) is 23.6 Å². The number of esters is 1. The number of pyridine rings is 2. The number of fused-ring (bicyclic) bond motifs is 5. The Hall–Kier alpha value is -7.63. The minimum atomic E-state index is -1.67. The Bertz CT molecular complexity index is 2870. The van der Waals surface area contributed by atoms with E-state index in [1.54, 1.807) is 51.1 Å². The lowest BCUT2D eigenvalue weighted by Gasteiger charge is -2.29. The predicted molar refractivity (Wildman–Crippen MR) is 248 cm³/mol. The van der Waals surface area contributed by atoms with Gasteiger partial charge in [0.2, 0.25) is 41.4 Å². The van der Waals surface area contributed by atoms with Crippen LogP contribution in [0.4, 0.5) is 4.39 Å². The Kier molecular flexibility index (Phi) is 15.9. The lowest BCUT2D eigenvalue weighted by Crippen LogP contribution is -2.56. The number of carbonyl (C=O) groups is 8. The molecule has 2 aromatic carbocycles. The van der Waals surface area contributed by atoms with Crippen molar-refractivity contribution in [1.82, 2.24) is 46.8 Å². The fourth-order valence-electron chi connectivity index (χ4n) is 8.64. The minimum Gasteiger partial charge on any atom is -0.458 e. The molecule has 1 aliphatic carbocycles. The number of rotatable bonds is 19. The molecule has 0 saturated carbocycles. The maximum absolute atomic E-state index is 15.3. The lowest BCUT2D eigenvalue weighted by atomic mass is 9.81. The summed E-state index contributed by atoms with van der Waals surface area (Å²) in [5, 5.41) is 38.4. The topological polar surface area (TPSA) is 315 Å². The summed E-state index contributed by atoms with van der Waals surface area (Å²) in [6.07, 6.45) is -0.920. The highest BCUT2D eigenvalue weighted by Gasteiger charge is 2.38. The summed E-state index contributed by atoms with van der Waals surface area (Å²) in [6.45, 7) is 3.10. The van der Waals surface area contributed by atoms with E-state index in [4.69, 9.17) is 14.5 Å². The molecule has 0 unspecified atom stereocenters. The highest BCUT2D eigenvalue weighted by molar-refractivity contribution is 5.96. The van der Waals surface area contributed by atoms with Crippen molar-refractivity contribution in [3.8, 4) is 11.4 Å². The second-order valence-corrected chi connectivity index (χ2v) is 17.7. The average molecular weight is 984 g/mol. The predicted octanol–water partition coefficient (Wildman–Crippen LogP) is -1.25. The van der Waals surface area contributed by atoms with Gasteiger partial charge in [0.25, 0.3) is 5.56 Å². The van der Waals surface area contributed by atoms with Crippen molar-refractivity contribution in [3.63, 3.8) is 0 Å². The van der Waals surface area contributed by atoms with Crippen LogP contribution in [0.5, 0.6) is 0 Å². The van der Waals surface area contributed by atoms with Gasteiger partial charge in [-0.15, -0.1) is 0 Å². The number of amides is 7. The number of cyclic esters (lactones) is 1. The van der Waals surface area contributed by atoms with Gasteiger partial charge in [0, 0.05) is 34.9 Å². The monoisotopic (exact) mass is 983 g/mol. The van der Waals surface area contributed by atoms with Crippen LogP contribution in [-0.2, 0) is 73.8 Å². The minimum absolute atomic E-state index is 0.00650. The van der Waals surface area contributed by atoms with Crippen molar-refractivity contribution in [2.75, 3.05) is 33.0 Å². The molecule has 4 heterocycles. The third kappa shape index (κ3) is 11.4. The van der Waals surface area contributed by atoms with Gasteiger partial charge < -0.3 is 61.5 Å². The van der Waals surface area contributed by atoms with Gasteiger partial charge in [-0.2, -0.15) is 0 Å². The van der Waals surface area contributed by atoms with Gasteiger partial charge in [0.15, 0.2) is 6.10 Å². The van der Waals surface area contributed by atoms with Gasteiger partial charge in [-0.1, -0.05) is 44.2 Å². The summed E-state index contributed by atoms with van der Waals surface area (Å²) in [6, 6.07) is 7.12. The maximum atomic E-state index is 15.3. The number of aliphatic hydroxyl groups excluding tert-OH is 2. The molecule has 4 aromatic rings. The number of hydrogen-bond donors (Lipinski definition) is 9. The molecule has 23 heteroatoms. The van der Waals surface area contributed by atoms with E-state index in [-0.39, 0.29) is 30.7 Å². The molecule has 5 atom stereocenters. The van der Waals surface area contributed by atoms with E-state index in [0.29, 0.717) is 62.9 Å². The van der Waals surface area contributed by atoms with Crippen molar-refractivity contribution >= 4 is 58.2 Å². The van der Waals surface area contributed by atoms with Crippen molar-refractivity contribution < 1.29 is 62.4 Å². The first-order chi connectivity index (χ1) is 33.9. The molecule has 376 valence electrons. The molecule has 71 heavy (non-hydrogen) atoms. The first-order valence-corrected chi connectivity index (χ1v) is 22.9. The number of nitrogens with one attached hydrogen (secondary N) is 7. The molecule has 0 bridgehead atoms. The quantitative estimate of drug-likeness (QED) is 0.0266. The summed E-state index contributed by atoms with van der Waals surface area (Å²) < 4.78 is 27.2. The molecule has 7 amide bonds. The third-order valence-corrected chi connectivity index (χ3v) is 12.5. The number of aromatic nitrogens is 2. The zero-order valence-corrected chi connectivity index (χ0v) is 39.2. The van der Waals surface area contributed by atoms with Crippen LogP contribution in [0.3, 0.4) is 0 Å². The maximum Gasteiger partial charge on any atom is 0.340 e. The number of halogens is 1. The van der Waals surface area contributed by atoms with Gasteiger partial charge in [0.1, 0.15) is 43.9 Å². The Labute approximate surface area is 404 Å². The van der Waals surface area contributed by atoms with Gasteiger partial charge >= 0.3 is 5.97 Å². The van der Waals surface area contributed by atoms with Crippen molar-refractivity contribution in [3.05, 3.63) is 97.6 Å². The molecular weight excluding hydrogens is 930 g/mol. The molecular formula is C48H54FN9O13. The highest BCUT2D eigenvalue weighted by atomic mass is 19.1. The number of aryl methyl sites for hydroxylation is 1. The molecule has 7 rings (SSSR count). The normalized spacial score (nSPS) is 16.5. The zero-order chi connectivity index (χ0) is 51.3. The van der Waals surface area contributed by atoms with Crippen LogP contribution < -0.4 is 42.8 Å². The van der Waals surface area contributed by atoms with E-state index >= 15 is 4.39 Å². The Balaban J connectivity index is 0.921. The van der Waals surface area contributed by atoms with Gasteiger partial charge in [-0.3, -0.25) is 38.4 Å². The molecule has 3 aliphatic rings. The number of aliphatic hydroxyl groups is 2. The van der Waals surface area contributed by atoms with Crippen LogP contribution in [0.25, 0.3) is 22.3 Å². The van der Waals surface area contributed by atoms with Gasteiger partial charge in [0.05, 0.1) is 54.8 Å². The van der Waals surface area contributed by atoms with Crippen LogP contribution in [0.2, 0.25) is 0 Å².